The minimum absolute atomic E-state index is 0.347. The topological polar surface area (TPSA) is 62.2 Å². The van der Waals surface area contributed by atoms with Gasteiger partial charge in [0.1, 0.15) is 5.82 Å². The Balaban J connectivity index is 1.99. The number of aromatic carboxylic acids is 1. The first-order valence-corrected chi connectivity index (χ1v) is 6.29. The van der Waals surface area contributed by atoms with Crippen LogP contribution >= 0.6 is 0 Å². The van der Waals surface area contributed by atoms with Gasteiger partial charge in [-0.2, -0.15) is 0 Å². The van der Waals surface area contributed by atoms with Crippen LogP contribution in [0.15, 0.2) is 54.7 Å². The summed E-state index contributed by atoms with van der Waals surface area (Å²) in [5.74, 6) is -2.06. The molecule has 0 radical (unpaired) electrons. The van der Waals surface area contributed by atoms with Crippen LogP contribution in [0.3, 0.4) is 0 Å². The number of hydrogen-bond acceptors (Lipinski definition) is 3. The van der Waals surface area contributed by atoms with Gasteiger partial charge in [0.05, 0.1) is 11.1 Å². The molecule has 104 valence electrons. The number of rotatable bonds is 3. The molecule has 5 heteroatoms. The van der Waals surface area contributed by atoms with Crippen molar-refractivity contribution in [3.8, 4) is 0 Å². The number of nitrogens with one attached hydrogen (secondary N) is 1. The van der Waals surface area contributed by atoms with Crippen molar-refractivity contribution >= 4 is 28.2 Å². The Kier molecular flexibility index (Phi) is 3.23. The normalized spacial score (nSPS) is 10.5. The largest absolute Gasteiger partial charge is 0.478 e. The maximum absolute atomic E-state index is 13.7. The lowest BCUT2D eigenvalue weighted by Gasteiger charge is -2.10. The molecular formula is C16H11FN2O2. The summed E-state index contributed by atoms with van der Waals surface area (Å²) < 4.78 is 13.7. The molecule has 0 spiro atoms. The molecule has 0 fully saturated rings. The van der Waals surface area contributed by atoms with Crippen molar-refractivity contribution in [2.45, 2.75) is 0 Å². The van der Waals surface area contributed by atoms with Crippen molar-refractivity contribution in [1.29, 1.82) is 0 Å². The van der Waals surface area contributed by atoms with Crippen LogP contribution < -0.4 is 5.32 Å². The van der Waals surface area contributed by atoms with Crippen LogP contribution in [-0.4, -0.2) is 16.1 Å². The number of para-hydroxylation sites is 1. The van der Waals surface area contributed by atoms with Crippen LogP contribution in [0.5, 0.6) is 0 Å². The van der Waals surface area contributed by atoms with Gasteiger partial charge in [0.15, 0.2) is 0 Å². The number of pyridine rings is 1. The van der Waals surface area contributed by atoms with Crippen LogP contribution in [0.4, 0.5) is 15.8 Å². The number of fused-ring (bicyclic) bond motifs is 1. The summed E-state index contributed by atoms with van der Waals surface area (Å²) in [5, 5.41) is 12.8. The second kappa shape index (κ2) is 5.20. The summed E-state index contributed by atoms with van der Waals surface area (Å²) in [6.07, 6.45) is 1.66. The molecule has 0 aliphatic carbocycles. The van der Waals surface area contributed by atoms with Crippen LogP contribution in [0, 0.1) is 5.82 Å². The molecule has 2 aromatic carbocycles. The predicted octanol–water partition coefficient (Wildman–Crippen LogP) is 3.82. The molecule has 0 atom stereocenters. The Morgan fingerprint density at radius 3 is 2.71 bits per heavy atom. The molecule has 0 aliphatic heterocycles. The number of carbonyl (C=O) groups is 1. The molecule has 0 unspecified atom stereocenters. The van der Waals surface area contributed by atoms with Crippen molar-refractivity contribution in [2.75, 3.05) is 5.32 Å². The van der Waals surface area contributed by atoms with Gasteiger partial charge in [-0.1, -0.05) is 18.2 Å². The first kappa shape index (κ1) is 13.1. The van der Waals surface area contributed by atoms with Gasteiger partial charge in [0.25, 0.3) is 0 Å². The summed E-state index contributed by atoms with van der Waals surface area (Å²) in [5.41, 5.74) is 1.74. The molecule has 21 heavy (non-hydrogen) atoms. The number of carboxylic acids is 1. The Hall–Kier alpha value is -2.95. The highest BCUT2D eigenvalue weighted by molar-refractivity contribution is 5.93. The maximum Gasteiger partial charge on any atom is 0.338 e. The van der Waals surface area contributed by atoms with E-state index in [0.717, 1.165) is 16.6 Å². The Bertz CT molecular complexity index is 828. The molecule has 3 rings (SSSR count). The fourth-order valence-corrected chi connectivity index (χ4v) is 2.13. The van der Waals surface area contributed by atoms with Crippen LogP contribution in [0.25, 0.3) is 10.9 Å². The number of aromatic nitrogens is 1. The van der Waals surface area contributed by atoms with Crippen LogP contribution in [0.2, 0.25) is 0 Å². The number of nitrogens with zero attached hydrogens (tertiary/aromatic N) is 1. The molecule has 0 saturated heterocycles. The first-order chi connectivity index (χ1) is 10.1. The lowest BCUT2D eigenvalue weighted by molar-refractivity contribution is 0.0692. The van der Waals surface area contributed by atoms with E-state index in [1.807, 2.05) is 24.3 Å². The third-order valence-electron chi connectivity index (χ3n) is 3.13. The highest BCUT2D eigenvalue weighted by Crippen LogP contribution is 2.25. The molecule has 0 bridgehead atoms. The molecule has 0 saturated carbocycles. The van der Waals surface area contributed by atoms with Gasteiger partial charge in [-0.05, 0) is 30.3 Å². The highest BCUT2D eigenvalue weighted by Gasteiger charge is 2.11. The van der Waals surface area contributed by atoms with E-state index < -0.39 is 11.8 Å². The summed E-state index contributed by atoms with van der Waals surface area (Å²) in [6, 6.07) is 13.3. The van der Waals surface area contributed by atoms with Crippen molar-refractivity contribution in [3.05, 3.63) is 66.1 Å². The van der Waals surface area contributed by atoms with Crippen LogP contribution in [-0.2, 0) is 0 Å². The second-order valence-corrected chi connectivity index (χ2v) is 4.50. The third kappa shape index (κ3) is 2.53. The lowest BCUT2D eigenvalue weighted by atomic mass is 10.1. The van der Waals surface area contributed by atoms with E-state index in [1.54, 1.807) is 12.3 Å². The zero-order chi connectivity index (χ0) is 14.8. The number of halogens is 1. The van der Waals surface area contributed by atoms with Crippen molar-refractivity contribution in [1.82, 2.24) is 4.98 Å². The zero-order valence-corrected chi connectivity index (χ0v) is 10.9. The molecule has 0 aliphatic rings. The second-order valence-electron chi connectivity index (χ2n) is 4.50. The fraction of sp³-hybridized carbons (Fsp3) is 0. The van der Waals surface area contributed by atoms with E-state index in [4.69, 9.17) is 5.11 Å². The average molecular weight is 282 g/mol. The van der Waals surface area contributed by atoms with Gasteiger partial charge in [-0.25, -0.2) is 9.18 Å². The van der Waals surface area contributed by atoms with E-state index in [-0.39, 0.29) is 5.56 Å². The summed E-state index contributed by atoms with van der Waals surface area (Å²) in [4.78, 5) is 15.0. The Morgan fingerprint density at radius 1 is 1.14 bits per heavy atom. The quantitative estimate of drug-likeness (QED) is 0.766. The molecule has 0 amide bonds. The SMILES string of the molecule is O=C(O)c1ccc(Nc2ccnc3ccccc23)cc1F. The van der Waals surface area contributed by atoms with Gasteiger partial charge < -0.3 is 10.4 Å². The molecule has 1 aromatic heterocycles. The van der Waals surface area contributed by atoms with Gasteiger partial charge in [0.2, 0.25) is 0 Å². The Labute approximate surface area is 119 Å². The minimum atomic E-state index is -1.28. The fourth-order valence-electron chi connectivity index (χ4n) is 2.13. The monoisotopic (exact) mass is 282 g/mol. The summed E-state index contributed by atoms with van der Waals surface area (Å²) in [7, 11) is 0. The number of carboxylic acid groups (broad SMARTS) is 1. The van der Waals surface area contributed by atoms with Crippen LogP contribution in [0.1, 0.15) is 10.4 Å². The van der Waals surface area contributed by atoms with E-state index in [9.17, 15) is 9.18 Å². The first-order valence-electron chi connectivity index (χ1n) is 6.29. The van der Waals surface area contributed by atoms with E-state index in [1.165, 1.54) is 18.2 Å². The van der Waals surface area contributed by atoms with Gasteiger partial charge in [0, 0.05) is 23.0 Å². The maximum atomic E-state index is 13.7. The third-order valence-corrected chi connectivity index (χ3v) is 3.13. The van der Waals surface area contributed by atoms with Crippen molar-refractivity contribution < 1.29 is 14.3 Å². The van der Waals surface area contributed by atoms with Gasteiger partial charge in [-0.15, -0.1) is 0 Å². The predicted molar refractivity (Wildman–Crippen MR) is 78.4 cm³/mol. The van der Waals surface area contributed by atoms with Crippen molar-refractivity contribution in [3.63, 3.8) is 0 Å². The van der Waals surface area contributed by atoms with Gasteiger partial charge in [-0.3, -0.25) is 4.98 Å². The molecule has 2 N–H and O–H groups in total. The zero-order valence-electron chi connectivity index (χ0n) is 10.9. The summed E-state index contributed by atoms with van der Waals surface area (Å²) in [6.45, 7) is 0. The standard InChI is InChI=1S/C16H11FN2O2/c17-13-9-10(5-6-11(13)16(20)21)19-15-7-8-18-14-4-2-1-3-12(14)15/h1-9H,(H,18,19)(H,20,21). The molecule has 3 aromatic rings. The number of benzene rings is 2. The molecule has 1 heterocycles. The van der Waals surface area contributed by atoms with Crippen molar-refractivity contribution in [2.24, 2.45) is 0 Å². The smallest absolute Gasteiger partial charge is 0.338 e. The number of anilines is 2. The van der Waals surface area contributed by atoms with Gasteiger partial charge >= 0.3 is 5.97 Å². The van der Waals surface area contributed by atoms with E-state index >= 15 is 0 Å². The number of hydrogen-bond donors (Lipinski definition) is 2. The highest BCUT2D eigenvalue weighted by atomic mass is 19.1. The average Bonchev–Trinajstić information content (AvgIpc) is 2.47. The Morgan fingerprint density at radius 2 is 1.95 bits per heavy atom. The lowest BCUT2D eigenvalue weighted by Crippen LogP contribution is -2.01. The van der Waals surface area contributed by atoms with E-state index in [2.05, 4.69) is 10.3 Å². The summed E-state index contributed by atoms with van der Waals surface area (Å²) >= 11 is 0. The molecule has 4 nitrogen and oxygen atoms in total. The molecular weight excluding hydrogens is 271 g/mol. The van der Waals surface area contributed by atoms with E-state index in [0.29, 0.717) is 5.69 Å². The minimum Gasteiger partial charge on any atom is -0.478 e.